The number of nitrogens with one attached hydrogen (secondary N) is 2. The molecule has 0 unspecified atom stereocenters. The lowest BCUT2D eigenvalue weighted by atomic mass is 10.2. The number of carbonyl (C=O) groups is 1. The standard InChI is InChI=1S/C23H22BrClN2O3/c1-15-3-5-18(12-21(15)25)26-13-16-4-10-22(20(24)11-16)30-14-23(28)27-17-6-8-19(29-2)9-7-17/h3-12,26H,13-14H2,1-2H3,(H,27,28). The van der Waals surface area contributed by atoms with Crippen molar-refractivity contribution in [1.82, 2.24) is 0 Å². The van der Waals surface area contributed by atoms with E-state index in [1.807, 2.05) is 43.3 Å². The smallest absolute Gasteiger partial charge is 0.262 e. The summed E-state index contributed by atoms with van der Waals surface area (Å²) >= 11 is 9.67. The molecule has 0 heterocycles. The molecule has 2 N–H and O–H groups in total. The molecule has 0 aliphatic heterocycles. The fourth-order valence-corrected chi connectivity index (χ4v) is 3.41. The van der Waals surface area contributed by atoms with Crippen molar-refractivity contribution < 1.29 is 14.3 Å². The fraction of sp³-hybridized carbons (Fsp3) is 0.174. The zero-order valence-corrected chi connectivity index (χ0v) is 19.0. The van der Waals surface area contributed by atoms with E-state index < -0.39 is 0 Å². The first-order valence-corrected chi connectivity index (χ1v) is 10.5. The second kappa shape index (κ2) is 10.4. The first kappa shape index (κ1) is 22.0. The van der Waals surface area contributed by atoms with Crippen molar-refractivity contribution in [3.63, 3.8) is 0 Å². The van der Waals surface area contributed by atoms with Gasteiger partial charge in [-0.15, -0.1) is 0 Å². The lowest BCUT2D eigenvalue weighted by Gasteiger charge is -2.12. The van der Waals surface area contributed by atoms with Gasteiger partial charge in [-0.05, 0) is 82.5 Å². The summed E-state index contributed by atoms with van der Waals surface area (Å²) in [6.45, 7) is 2.51. The van der Waals surface area contributed by atoms with Gasteiger partial charge in [-0.2, -0.15) is 0 Å². The predicted octanol–water partition coefficient (Wildman–Crippen LogP) is 6.05. The fourth-order valence-electron chi connectivity index (χ4n) is 2.69. The van der Waals surface area contributed by atoms with Crippen molar-refractivity contribution in [2.75, 3.05) is 24.4 Å². The largest absolute Gasteiger partial charge is 0.497 e. The first-order valence-electron chi connectivity index (χ1n) is 9.30. The highest BCUT2D eigenvalue weighted by molar-refractivity contribution is 9.10. The average Bonchev–Trinajstić information content (AvgIpc) is 2.74. The van der Waals surface area contributed by atoms with E-state index in [0.29, 0.717) is 18.0 Å². The highest BCUT2D eigenvalue weighted by Crippen LogP contribution is 2.27. The summed E-state index contributed by atoms with van der Waals surface area (Å²) < 4.78 is 11.5. The molecule has 3 rings (SSSR count). The Morgan fingerprint density at radius 1 is 1.03 bits per heavy atom. The second-order valence-corrected chi connectivity index (χ2v) is 7.91. The molecule has 0 aliphatic carbocycles. The monoisotopic (exact) mass is 488 g/mol. The van der Waals surface area contributed by atoms with Crippen LogP contribution < -0.4 is 20.1 Å². The van der Waals surface area contributed by atoms with Crippen LogP contribution in [0.25, 0.3) is 0 Å². The number of aryl methyl sites for hydroxylation is 1. The molecule has 7 heteroatoms. The van der Waals surface area contributed by atoms with Crippen LogP contribution in [0.5, 0.6) is 11.5 Å². The molecule has 30 heavy (non-hydrogen) atoms. The summed E-state index contributed by atoms with van der Waals surface area (Å²) in [4.78, 5) is 12.1. The van der Waals surface area contributed by atoms with Gasteiger partial charge in [0.15, 0.2) is 6.61 Å². The zero-order valence-electron chi connectivity index (χ0n) is 16.7. The van der Waals surface area contributed by atoms with Crippen molar-refractivity contribution >= 4 is 44.8 Å². The van der Waals surface area contributed by atoms with E-state index in [4.69, 9.17) is 21.1 Å². The van der Waals surface area contributed by atoms with Gasteiger partial charge in [0.25, 0.3) is 5.91 Å². The van der Waals surface area contributed by atoms with E-state index in [9.17, 15) is 4.79 Å². The van der Waals surface area contributed by atoms with Crippen LogP contribution >= 0.6 is 27.5 Å². The highest BCUT2D eigenvalue weighted by Gasteiger charge is 2.08. The normalized spacial score (nSPS) is 10.4. The van der Waals surface area contributed by atoms with Gasteiger partial charge >= 0.3 is 0 Å². The minimum absolute atomic E-state index is 0.0932. The molecule has 0 atom stereocenters. The molecule has 156 valence electrons. The van der Waals surface area contributed by atoms with Crippen molar-refractivity contribution in [3.05, 3.63) is 81.3 Å². The number of methoxy groups -OCH3 is 1. The lowest BCUT2D eigenvalue weighted by molar-refractivity contribution is -0.118. The van der Waals surface area contributed by atoms with E-state index in [1.54, 1.807) is 31.4 Å². The van der Waals surface area contributed by atoms with Crippen LogP contribution in [0.4, 0.5) is 11.4 Å². The molecule has 0 spiro atoms. The minimum Gasteiger partial charge on any atom is -0.497 e. The second-order valence-electron chi connectivity index (χ2n) is 6.65. The molecule has 0 bridgehead atoms. The van der Waals surface area contributed by atoms with E-state index >= 15 is 0 Å². The van der Waals surface area contributed by atoms with Crippen LogP contribution in [0.3, 0.4) is 0 Å². The van der Waals surface area contributed by atoms with Crippen LogP contribution in [0, 0.1) is 6.92 Å². The molecule has 3 aromatic rings. The number of amides is 1. The maximum absolute atomic E-state index is 12.1. The molecule has 0 saturated heterocycles. The number of anilines is 2. The van der Waals surface area contributed by atoms with Gasteiger partial charge in [0.05, 0.1) is 11.6 Å². The number of halogens is 2. The van der Waals surface area contributed by atoms with Crippen LogP contribution in [0.1, 0.15) is 11.1 Å². The topological polar surface area (TPSA) is 59.6 Å². The number of benzene rings is 3. The maximum Gasteiger partial charge on any atom is 0.262 e. The number of hydrogen-bond donors (Lipinski definition) is 2. The molecule has 5 nitrogen and oxygen atoms in total. The first-order chi connectivity index (χ1) is 14.4. The number of carbonyl (C=O) groups excluding carboxylic acids is 1. The Labute approximate surface area is 189 Å². The van der Waals surface area contributed by atoms with Crippen molar-refractivity contribution in [2.24, 2.45) is 0 Å². The number of ether oxygens (including phenoxy) is 2. The molecule has 1 amide bonds. The van der Waals surface area contributed by atoms with Crippen molar-refractivity contribution in [1.29, 1.82) is 0 Å². The van der Waals surface area contributed by atoms with E-state index in [-0.39, 0.29) is 12.5 Å². The van der Waals surface area contributed by atoms with Gasteiger partial charge in [0.1, 0.15) is 11.5 Å². The molecular weight excluding hydrogens is 468 g/mol. The Kier molecular flexibility index (Phi) is 7.60. The van der Waals surface area contributed by atoms with Gasteiger partial charge < -0.3 is 20.1 Å². The molecule has 0 fully saturated rings. The average molecular weight is 490 g/mol. The third kappa shape index (κ3) is 6.15. The quantitative estimate of drug-likeness (QED) is 0.404. The molecule has 0 radical (unpaired) electrons. The maximum atomic E-state index is 12.1. The Morgan fingerprint density at radius 2 is 1.77 bits per heavy atom. The molecule has 0 aliphatic rings. The number of rotatable bonds is 8. The van der Waals surface area contributed by atoms with Gasteiger partial charge in [-0.1, -0.05) is 23.7 Å². The molecule has 3 aromatic carbocycles. The van der Waals surface area contributed by atoms with Gasteiger partial charge in [-0.25, -0.2) is 0 Å². The molecule has 0 aromatic heterocycles. The van der Waals surface area contributed by atoms with Crippen LogP contribution in [-0.2, 0) is 11.3 Å². The third-order valence-corrected chi connectivity index (χ3v) is 5.42. The summed E-state index contributed by atoms with van der Waals surface area (Å²) in [5, 5.41) is 6.86. The van der Waals surface area contributed by atoms with E-state index in [2.05, 4.69) is 26.6 Å². The lowest BCUT2D eigenvalue weighted by Crippen LogP contribution is -2.20. The SMILES string of the molecule is COc1ccc(NC(=O)COc2ccc(CNc3ccc(C)c(Cl)c3)cc2Br)cc1. The molecule has 0 saturated carbocycles. The van der Waals surface area contributed by atoms with Crippen molar-refractivity contribution in [3.8, 4) is 11.5 Å². The van der Waals surface area contributed by atoms with Gasteiger partial charge in [0, 0.05) is 22.9 Å². The van der Waals surface area contributed by atoms with E-state index in [1.165, 1.54) is 0 Å². The van der Waals surface area contributed by atoms with Gasteiger partial charge in [-0.3, -0.25) is 4.79 Å². The Balaban J connectivity index is 1.51. The van der Waals surface area contributed by atoms with Crippen LogP contribution in [0.2, 0.25) is 5.02 Å². The highest BCUT2D eigenvalue weighted by atomic mass is 79.9. The minimum atomic E-state index is -0.242. The Bertz CT molecular complexity index is 1030. The van der Waals surface area contributed by atoms with Crippen LogP contribution in [-0.4, -0.2) is 19.6 Å². The van der Waals surface area contributed by atoms with Crippen LogP contribution in [0.15, 0.2) is 65.1 Å². The summed E-state index contributed by atoms with van der Waals surface area (Å²) in [7, 11) is 1.60. The summed E-state index contributed by atoms with van der Waals surface area (Å²) in [5.74, 6) is 1.09. The molecular formula is C23H22BrClN2O3. The zero-order chi connectivity index (χ0) is 21.5. The summed E-state index contributed by atoms with van der Waals surface area (Å²) in [5.41, 5.74) is 3.74. The van der Waals surface area contributed by atoms with Crippen molar-refractivity contribution in [2.45, 2.75) is 13.5 Å². The third-order valence-electron chi connectivity index (χ3n) is 4.40. The predicted molar refractivity (Wildman–Crippen MR) is 125 cm³/mol. The Morgan fingerprint density at radius 3 is 2.43 bits per heavy atom. The van der Waals surface area contributed by atoms with Gasteiger partial charge in [0.2, 0.25) is 0 Å². The number of hydrogen-bond acceptors (Lipinski definition) is 4. The summed E-state index contributed by atoms with van der Waals surface area (Å²) in [6, 6.07) is 18.7. The summed E-state index contributed by atoms with van der Waals surface area (Å²) in [6.07, 6.45) is 0. The Hall–Kier alpha value is -2.70. The van der Waals surface area contributed by atoms with E-state index in [0.717, 1.165) is 32.1 Å².